The second-order valence-corrected chi connectivity index (χ2v) is 9.10. The number of amides is 1. The average molecular weight is 383 g/mol. The minimum Gasteiger partial charge on any atom is -0.313 e. The monoisotopic (exact) mass is 382 g/mol. The molecule has 1 aliphatic carbocycles. The Morgan fingerprint density at radius 1 is 1.33 bits per heavy atom. The van der Waals surface area contributed by atoms with Gasteiger partial charge in [-0.15, -0.1) is 11.3 Å². The van der Waals surface area contributed by atoms with E-state index in [-0.39, 0.29) is 17.1 Å². The van der Waals surface area contributed by atoms with Gasteiger partial charge in [0.15, 0.2) is 0 Å². The highest BCUT2D eigenvalue weighted by atomic mass is 32.1. The highest BCUT2D eigenvalue weighted by Gasteiger charge is 2.32. The van der Waals surface area contributed by atoms with Gasteiger partial charge < -0.3 is 5.32 Å². The molecular formula is C22H23FN2OS. The van der Waals surface area contributed by atoms with E-state index < -0.39 is 0 Å². The molecular weight excluding hydrogens is 359 g/mol. The van der Waals surface area contributed by atoms with Crippen molar-refractivity contribution < 1.29 is 9.18 Å². The van der Waals surface area contributed by atoms with Gasteiger partial charge >= 0.3 is 0 Å². The fourth-order valence-corrected chi connectivity index (χ4v) is 4.71. The molecule has 2 aromatic rings. The molecule has 0 radical (unpaired) electrons. The lowest BCUT2D eigenvalue weighted by molar-refractivity contribution is -0.111. The Balaban J connectivity index is 1.76. The van der Waals surface area contributed by atoms with E-state index in [9.17, 15) is 14.4 Å². The normalized spacial score (nSPS) is 16.8. The number of benzene rings is 1. The molecule has 1 amide bonds. The molecule has 0 saturated heterocycles. The molecule has 27 heavy (non-hydrogen) atoms. The van der Waals surface area contributed by atoms with Gasteiger partial charge in [-0.3, -0.25) is 4.79 Å². The van der Waals surface area contributed by atoms with Crippen LogP contribution in [0.3, 0.4) is 0 Å². The van der Waals surface area contributed by atoms with Gasteiger partial charge in [0, 0.05) is 11.0 Å². The molecule has 5 heteroatoms. The minimum absolute atomic E-state index is 0.232. The maximum atomic E-state index is 12.9. The van der Waals surface area contributed by atoms with E-state index in [0.29, 0.717) is 16.5 Å². The molecule has 1 atom stereocenters. The molecule has 0 spiro atoms. The van der Waals surface area contributed by atoms with Crippen LogP contribution in [-0.2, 0) is 17.6 Å². The lowest BCUT2D eigenvalue weighted by atomic mass is 9.72. The number of carbonyl (C=O) groups excluding carboxylic acids is 1. The van der Waals surface area contributed by atoms with E-state index in [1.807, 2.05) is 0 Å². The van der Waals surface area contributed by atoms with Gasteiger partial charge in [0.1, 0.15) is 16.9 Å². The predicted octanol–water partition coefficient (Wildman–Crippen LogP) is 5.56. The van der Waals surface area contributed by atoms with Crippen molar-refractivity contribution in [1.82, 2.24) is 0 Å². The fraction of sp³-hybridized carbons (Fsp3) is 0.364. The Morgan fingerprint density at radius 3 is 2.67 bits per heavy atom. The van der Waals surface area contributed by atoms with E-state index in [1.54, 1.807) is 18.2 Å². The zero-order valence-electron chi connectivity index (χ0n) is 15.8. The number of fused-ring (bicyclic) bond motifs is 1. The number of hydrogen-bond donors (Lipinski definition) is 1. The van der Waals surface area contributed by atoms with E-state index in [0.717, 1.165) is 30.4 Å². The van der Waals surface area contributed by atoms with Crippen LogP contribution >= 0.6 is 11.3 Å². The van der Waals surface area contributed by atoms with Gasteiger partial charge in [0.05, 0.1) is 5.56 Å². The van der Waals surface area contributed by atoms with Crippen LogP contribution in [-0.4, -0.2) is 5.91 Å². The minimum atomic E-state index is -0.312. The first-order valence-electron chi connectivity index (χ1n) is 9.07. The third-order valence-corrected chi connectivity index (χ3v) is 6.31. The Hall–Kier alpha value is -2.45. The predicted molar refractivity (Wildman–Crippen MR) is 108 cm³/mol. The molecule has 3 rings (SSSR count). The van der Waals surface area contributed by atoms with Crippen LogP contribution in [0.1, 0.15) is 48.8 Å². The van der Waals surface area contributed by atoms with Gasteiger partial charge in [0.25, 0.3) is 0 Å². The van der Waals surface area contributed by atoms with E-state index in [4.69, 9.17) is 0 Å². The van der Waals surface area contributed by atoms with Crippen LogP contribution in [0.4, 0.5) is 9.39 Å². The number of halogens is 1. The second-order valence-electron chi connectivity index (χ2n) is 8.00. The molecule has 3 nitrogen and oxygen atoms in total. The van der Waals surface area contributed by atoms with Crippen LogP contribution in [0, 0.1) is 28.5 Å². The van der Waals surface area contributed by atoms with Crippen LogP contribution in [0.15, 0.2) is 30.3 Å². The van der Waals surface area contributed by atoms with Crippen molar-refractivity contribution in [3.05, 3.63) is 57.7 Å². The molecule has 1 aliphatic rings. The van der Waals surface area contributed by atoms with Crippen LogP contribution in [0.2, 0.25) is 0 Å². The second kappa shape index (κ2) is 7.66. The van der Waals surface area contributed by atoms with Crippen molar-refractivity contribution in [2.45, 2.75) is 40.0 Å². The number of thiophene rings is 1. The van der Waals surface area contributed by atoms with E-state index in [2.05, 4.69) is 32.2 Å². The van der Waals surface area contributed by atoms with Crippen molar-refractivity contribution in [2.24, 2.45) is 11.3 Å². The van der Waals surface area contributed by atoms with Gasteiger partial charge in [0.2, 0.25) is 5.91 Å². The van der Waals surface area contributed by atoms with Crippen molar-refractivity contribution >= 4 is 28.3 Å². The Bertz CT molecular complexity index is 914. The summed E-state index contributed by atoms with van der Waals surface area (Å²) in [6.45, 7) is 6.76. The van der Waals surface area contributed by atoms with Gasteiger partial charge in [-0.25, -0.2) is 4.39 Å². The lowest BCUT2D eigenvalue weighted by Gasteiger charge is -2.33. The largest absolute Gasteiger partial charge is 0.313 e. The van der Waals surface area contributed by atoms with Crippen molar-refractivity contribution in [3.63, 3.8) is 0 Å². The molecule has 0 aliphatic heterocycles. The molecule has 0 fully saturated rings. The maximum absolute atomic E-state index is 12.9. The summed E-state index contributed by atoms with van der Waals surface area (Å²) in [7, 11) is 0. The van der Waals surface area contributed by atoms with Crippen LogP contribution in [0.5, 0.6) is 0 Å². The molecule has 0 saturated carbocycles. The standard InChI is InChI=1S/C22H23FN2OS/c1-22(2,3)15-7-10-17-18(13-24)21(27-19(17)12-15)25-20(26)11-6-14-4-8-16(23)9-5-14/h4-6,8-9,11,15H,7,10,12H2,1-3H3,(H,25,26)/b11-6+. The van der Waals surface area contributed by atoms with Gasteiger partial charge in [-0.1, -0.05) is 32.9 Å². The lowest BCUT2D eigenvalue weighted by Crippen LogP contribution is -2.26. The Labute approximate surface area is 163 Å². The summed E-state index contributed by atoms with van der Waals surface area (Å²) in [4.78, 5) is 13.5. The van der Waals surface area contributed by atoms with Gasteiger partial charge in [-0.2, -0.15) is 5.26 Å². The molecule has 1 N–H and O–H groups in total. The quantitative estimate of drug-likeness (QED) is 0.706. The Kier molecular flexibility index (Phi) is 5.48. The van der Waals surface area contributed by atoms with Crippen molar-refractivity contribution in [1.29, 1.82) is 5.26 Å². The number of nitrogens with zero attached hydrogens (tertiary/aromatic N) is 1. The average Bonchev–Trinajstić information content (AvgIpc) is 2.96. The summed E-state index contributed by atoms with van der Waals surface area (Å²) in [5, 5.41) is 13.1. The fourth-order valence-electron chi connectivity index (χ4n) is 3.43. The number of nitriles is 1. The molecule has 1 heterocycles. The summed E-state index contributed by atoms with van der Waals surface area (Å²) in [5.41, 5.74) is 2.67. The summed E-state index contributed by atoms with van der Waals surface area (Å²) in [6.07, 6.45) is 5.95. The first-order chi connectivity index (χ1) is 12.8. The zero-order valence-corrected chi connectivity index (χ0v) is 16.6. The SMILES string of the molecule is CC(C)(C)C1CCc2c(sc(NC(=O)/C=C/c3ccc(F)cc3)c2C#N)C1. The van der Waals surface area contributed by atoms with E-state index in [1.165, 1.54) is 34.4 Å². The maximum Gasteiger partial charge on any atom is 0.249 e. The summed E-state index contributed by atoms with van der Waals surface area (Å²) < 4.78 is 12.9. The number of nitrogens with one attached hydrogen (secondary N) is 1. The number of rotatable bonds is 3. The number of anilines is 1. The molecule has 1 unspecified atom stereocenters. The zero-order chi connectivity index (χ0) is 19.6. The third-order valence-electron chi connectivity index (χ3n) is 5.14. The van der Waals surface area contributed by atoms with Crippen LogP contribution < -0.4 is 5.32 Å². The molecule has 1 aromatic heterocycles. The smallest absolute Gasteiger partial charge is 0.249 e. The van der Waals surface area contributed by atoms with Crippen molar-refractivity contribution in [2.75, 3.05) is 5.32 Å². The third kappa shape index (κ3) is 4.45. The highest BCUT2D eigenvalue weighted by molar-refractivity contribution is 7.16. The highest BCUT2D eigenvalue weighted by Crippen LogP contribution is 2.43. The molecule has 1 aromatic carbocycles. The first kappa shape index (κ1) is 19.3. The number of hydrogen-bond acceptors (Lipinski definition) is 3. The van der Waals surface area contributed by atoms with Crippen molar-refractivity contribution in [3.8, 4) is 6.07 Å². The summed E-state index contributed by atoms with van der Waals surface area (Å²) in [5.74, 6) is -0.0214. The van der Waals surface area contributed by atoms with E-state index >= 15 is 0 Å². The number of carbonyl (C=O) groups is 1. The first-order valence-corrected chi connectivity index (χ1v) is 9.89. The topological polar surface area (TPSA) is 52.9 Å². The summed E-state index contributed by atoms with van der Waals surface area (Å²) >= 11 is 1.52. The molecule has 140 valence electrons. The summed E-state index contributed by atoms with van der Waals surface area (Å²) in [6, 6.07) is 8.19. The van der Waals surface area contributed by atoms with Crippen LogP contribution in [0.25, 0.3) is 6.08 Å². The van der Waals surface area contributed by atoms with Gasteiger partial charge in [-0.05, 0) is 59.9 Å². The Morgan fingerprint density at radius 2 is 2.04 bits per heavy atom. The molecule has 0 bridgehead atoms.